The Balaban J connectivity index is 1.25. The Kier molecular flexibility index (Phi) is 4.59. The van der Waals surface area contributed by atoms with Crippen molar-refractivity contribution in [2.45, 2.75) is 71.8 Å². The third-order valence-corrected chi connectivity index (χ3v) is 8.93. The van der Waals surface area contributed by atoms with E-state index < -0.39 is 0 Å². The van der Waals surface area contributed by atoms with Crippen LogP contribution in [0.4, 0.5) is 5.13 Å². The number of aryl methyl sites for hydroxylation is 1. The SMILES string of the molecule is Cc1nc(NC(=O)C23CC4CC(CC(C4)C2)C3)sc1CN1CCC(C)CC1. The van der Waals surface area contributed by atoms with Crippen LogP contribution < -0.4 is 5.32 Å². The molecule has 1 aliphatic heterocycles. The Morgan fingerprint density at radius 1 is 1.15 bits per heavy atom. The number of piperidine rings is 1. The van der Waals surface area contributed by atoms with E-state index >= 15 is 0 Å². The maximum Gasteiger partial charge on any atom is 0.232 e. The number of nitrogens with zero attached hydrogens (tertiary/aromatic N) is 2. The van der Waals surface area contributed by atoms with Gasteiger partial charge in [0.2, 0.25) is 5.91 Å². The highest BCUT2D eigenvalue weighted by Crippen LogP contribution is 2.60. The molecule has 2 heterocycles. The van der Waals surface area contributed by atoms with E-state index in [1.807, 2.05) is 0 Å². The van der Waals surface area contributed by atoms with E-state index in [4.69, 9.17) is 4.98 Å². The zero-order valence-corrected chi connectivity index (χ0v) is 17.6. The highest BCUT2D eigenvalue weighted by molar-refractivity contribution is 7.15. The van der Waals surface area contributed by atoms with Crippen LogP contribution in [0.5, 0.6) is 0 Å². The van der Waals surface area contributed by atoms with E-state index in [0.29, 0.717) is 0 Å². The Hall–Kier alpha value is -0.940. The highest BCUT2D eigenvalue weighted by atomic mass is 32.1. The molecule has 0 unspecified atom stereocenters. The number of likely N-dealkylation sites (tertiary alicyclic amines) is 1. The van der Waals surface area contributed by atoms with Crippen molar-refractivity contribution in [2.24, 2.45) is 29.1 Å². The summed E-state index contributed by atoms with van der Waals surface area (Å²) in [7, 11) is 0. The summed E-state index contributed by atoms with van der Waals surface area (Å²) >= 11 is 1.70. The summed E-state index contributed by atoms with van der Waals surface area (Å²) in [5, 5.41) is 4.08. The average Bonchev–Trinajstić information content (AvgIpc) is 2.95. The molecule has 148 valence electrons. The van der Waals surface area contributed by atoms with Gasteiger partial charge in [-0.25, -0.2) is 4.98 Å². The molecule has 1 N–H and O–H groups in total. The van der Waals surface area contributed by atoms with Crippen molar-refractivity contribution in [3.63, 3.8) is 0 Å². The molecule has 1 amide bonds. The van der Waals surface area contributed by atoms with Crippen LogP contribution in [0.15, 0.2) is 0 Å². The number of hydrogen-bond donors (Lipinski definition) is 1. The lowest BCUT2D eigenvalue weighted by molar-refractivity contribution is -0.140. The molecule has 6 rings (SSSR count). The van der Waals surface area contributed by atoms with Gasteiger partial charge in [-0.1, -0.05) is 6.92 Å². The van der Waals surface area contributed by atoms with Crippen LogP contribution in [0.3, 0.4) is 0 Å². The van der Waals surface area contributed by atoms with E-state index in [1.54, 1.807) is 11.3 Å². The van der Waals surface area contributed by atoms with Crippen molar-refractivity contribution in [1.29, 1.82) is 0 Å². The fourth-order valence-corrected chi connectivity index (χ4v) is 7.67. The Bertz CT molecular complexity index is 684. The van der Waals surface area contributed by atoms with Gasteiger partial charge in [-0.3, -0.25) is 9.69 Å². The summed E-state index contributed by atoms with van der Waals surface area (Å²) in [6.45, 7) is 7.82. The lowest BCUT2D eigenvalue weighted by Crippen LogP contribution is -2.51. The molecule has 27 heavy (non-hydrogen) atoms. The molecule has 4 aliphatic carbocycles. The van der Waals surface area contributed by atoms with E-state index in [2.05, 4.69) is 24.1 Å². The smallest absolute Gasteiger partial charge is 0.232 e. The van der Waals surface area contributed by atoms with Gasteiger partial charge in [-0.2, -0.15) is 0 Å². The van der Waals surface area contributed by atoms with Gasteiger partial charge in [0.05, 0.1) is 11.1 Å². The van der Waals surface area contributed by atoms with Crippen LogP contribution in [-0.4, -0.2) is 28.9 Å². The second-order valence-corrected chi connectivity index (χ2v) is 11.2. The average molecular weight is 388 g/mol. The third kappa shape index (κ3) is 3.46. The monoisotopic (exact) mass is 387 g/mol. The number of amides is 1. The number of thiazole rings is 1. The zero-order chi connectivity index (χ0) is 18.6. The van der Waals surface area contributed by atoms with Crippen molar-refractivity contribution < 1.29 is 4.79 Å². The number of hydrogen-bond acceptors (Lipinski definition) is 4. The van der Waals surface area contributed by atoms with Gasteiger partial charge >= 0.3 is 0 Å². The minimum absolute atomic E-state index is 0.0858. The minimum Gasteiger partial charge on any atom is -0.301 e. The maximum atomic E-state index is 13.3. The first-order chi connectivity index (χ1) is 13.0. The molecule has 5 fully saturated rings. The highest BCUT2D eigenvalue weighted by Gasteiger charge is 2.54. The predicted molar refractivity (Wildman–Crippen MR) is 110 cm³/mol. The van der Waals surface area contributed by atoms with Gasteiger partial charge in [0.25, 0.3) is 0 Å². The number of rotatable bonds is 4. The first kappa shape index (κ1) is 18.1. The van der Waals surface area contributed by atoms with Crippen molar-refractivity contribution >= 4 is 22.4 Å². The van der Waals surface area contributed by atoms with Gasteiger partial charge in [0.1, 0.15) is 0 Å². The molecule has 0 radical (unpaired) electrons. The van der Waals surface area contributed by atoms with Gasteiger partial charge in [0, 0.05) is 11.4 Å². The third-order valence-electron chi connectivity index (χ3n) is 7.88. The number of nitrogens with one attached hydrogen (secondary N) is 1. The van der Waals surface area contributed by atoms with E-state index in [1.165, 1.54) is 50.1 Å². The summed E-state index contributed by atoms with van der Waals surface area (Å²) in [5.74, 6) is 3.54. The van der Waals surface area contributed by atoms with Crippen molar-refractivity contribution in [1.82, 2.24) is 9.88 Å². The van der Waals surface area contributed by atoms with Crippen molar-refractivity contribution in [3.05, 3.63) is 10.6 Å². The molecule has 1 aromatic rings. The number of carbonyl (C=O) groups excluding carboxylic acids is 1. The molecular weight excluding hydrogens is 354 g/mol. The second kappa shape index (κ2) is 6.84. The fourth-order valence-electron chi connectivity index (χ4n) is 6.67. The number of anilines is 1. The lowest BCUT2D eigenvalue weighted by Gasteiger charge is -2.55. The summed E-state index contributed by atoms with van der Waals surface area (Å²) in [6.07, 6.45) is 10.1. The molecule has 1 saturated heterocycles. The summed E-state index contributed by atoms with van der Waals surface area (Å²) in [5.41, 5.74) is 1.01. The van der Waals surface area contributed by atoms with Crippen LogP contribution in [0.25, 0.3) is 0 Å². The minimum atomic E-state index is -0.0858. The molecule has 4 nitrogen and oxygen atoms in total. The number of carbonyl (C=O) groups is 1. The first-order valence-electron chi connectivity index (χ1n) is 11.0. The van der Waals surface area contributed by atoms with Crippen molar-refractivity contribution in [3.8, 4) is 0 Å². The Morgan fingerprint density at radius 2 is 1.74 bits per heavy atom. The van der Waals surface area contributed by atoms with Crippen LogP contribution in [-0.2, 0) is 11.3 Å². The molecule has 0 aromatic carbocycles. The zero-order valence-electron chi connectivity index (χ0n) is 16.8. The molecule has 5 aliphatic rings. The first-order valence-corrected chi connectivity index (χ1v) is 11.8. The summed E-state index contributed by atoms with van der Waals surface area (Å²) in [4.78, 5) is 21.8. The molecule has 0 spiro atoms. The van der Waals surface area contributed by atoms with Gasteiger partial charge in [0.15, 0.2) is 5.13 Å². The topological polar surface area (TPSA) is 45.2 Å². The number of aromatic nitrogens is 1. The van der Waals surface area contributed by atoms with Crippen LogP contribution >= 0.6 is 11.3 Å². The normalized spacial score (nSPS) is 36.3. The molecule has 4 saturated carbocycles. The molecule has 1 aromatic heterocycles. The van der Waals surface area contributed by atoms with Crippen LogP contribution in [0.2, 0.25) is 0 Å². The Morgan fingerprint density at radius 3 is 2.33 bits per heavy atom. The maximum absolute atomic E-state index is 13.3. The second-order valence-electron chi connectivity index (χ2n) is 10.1. The van der Waals surface area contributed by atoms with Crippen molar-refractivity contribution in [2.75, 3.05) is 18.4 Å². The van der Waals surface area contributed by atoms with E-state index in [-0.39, 0.29) is 11.3 Å². The van der Waals surface area contributed by atoms with Crippen LogP contribution in [0.1, 0.15) is 68.9 Å². The molecule has 5 heteroatoms. The molecule has 0 atom stereocenters. The quantitative estimate of drug-likeness (QED) is 0.804. The Labute approximate surface area is 167 Å². The molecular formula is C22H33N3OS. The van der Waals surface area contributed by atoms with Crippen LogP contribution in [0, 0.1) is 36.0 Å². The summed E-state index contributed by atoms with van der Waals surface area (Å²) in [6, 6.07) is 0. The predicted octanol–water partition coefficient (Wildman–Crippen LogP) is 4.84. The largest absolute Gasteiger partial charge is 0.301 e. The molecule has 4 bridgehead atoms. The fraction of sp³-hybridized carbons (Fsp3) is 0.818. The van der Waals surface area contributed by atoms with Gasteiger partial charge in [-0.05, 0) is 95.1 Å². The van der Waals surface area contributed by atoms with E-state index in [9.17, 15) is 4.79 Å². The standard InChI is InChI=1S/C22H33N3OS/c1-14-3-5-25(6-4-14)13-19-15(2)23-21(27-19)24-20(26)22-10-16-7-17(11-22)9-18(8-16)12-22/h14,16-18H,3-13H2,1-2H3,(H,23,24,26). The van der Waals surface area contributed by atoms with E-state index in [0.717, 1.165) is 60.3 Å². The lowest BCUT2D eigenvalue weighted by atomic mass is 9.49. The van der Waals surface area contributed by atoms with Gasteiger partial charge in [-0.15, -0.1) is 11.3 Å². The summed E-state index contributed by atoms with van der Waals surface area (Å²) < 4.78 is 0. The van der Waals surface area contributed by atoms with Gasteiger partial charge < -0.3 is 5.32 Å².